The highest BCUT2D eigenvalue weighted by Crippen LogP contribution is 2.24. The summed E-state index contributed by atoms with van der Waals surface area (Å²) in [4.78, 5) is 32.6. The van der Waals surface area contributed by atoms with Crippen LogP contribution in [0.1, 0.15) is 26.3 Å². The van der Waals surface area contributed by atoms with Crippen LogP contribution in [0.4, 0.5) is 5.69 Å². The minimum absolute atomic E-state index is 0.256. The number of carbonyl (C=O) groups excluding carboxylic acids is 2. The summed E-state index contributed by atoms with van der Waals surface area (Å²) in [6, 6.07) is 5.15. The van der Waals surface area contributed by atoms with Gasteiger partial charge in [-0.1, -0.05) is 0 Å². The Morgan fingerprint density at radius 1 is 1.10 bits per heavy atom. The first-order chi connectivity index (χ1) is 9.66. The van der Waals surface area contributed by atoms with Crippen molar-refractivity contribution < 1.29 is 9.59 Å². The van der Waals surface area contributed by atoms with Crippen molar-refractivity contribution in [3.63, 3.8) is 0 Å². The van der Waals surface area contributed by atoms with E-state index in [9.17, 15) is 9.59 Å². The fourth-order valence-electron chi connectivity index (χ4n) is 2.10. The van der Waals surface area contributed by atoms with Crippen LogP contribution in [0.5, 0.6) is 0 Å². The molecule has 2 amide bonds. The van der Waals surface area contributed by atoms with Gasteiger partial charge in [0.1, 0.15) is 6.33 Å². The zero-order chi connectivity index (χ0) is 14.1. The van der Waals surface area contributed by atoms with Crippen LogP contribution in [0, 0.1) is 0 Å². The van der Waals surface area contributed by atoms with E-state index < -0.39 is 0 Å². The molecule has 0 spiro atoms. The van der Waals surface area contributed by atoms with E-state index in [0.717, 1.165) is 16.2 Å². The maximum Gasteiger partial charge on any atom is 0.261 e. The molecule has 1 aliphatic heterocycles. The van der Waals surface area contributed by atoms with Gasteiger partial charge < -0.3 is 5.32 Å². The molecular weight excluding hydrogens is 256 g/mol. The van der Waals surface area contributed by atoms with E-state index in [4.69, 9.17) is 0 Å². The van der Waals surface area contributed by atoms with Gasteiger partial charge >= 0.3 is 0 Å². The van der Waals surface area contributed by atoms with Crippen LogP contribution >= 0.6 is 0 Å². The molecule has 6 nitrogen and oxygen atoms in total. The molecular formula is C14H12N4O2. The van der Waals surface area contributed by atoms with Gasteiger partial charge in [0.25, 0.3) is 11.8 Å². The Labute approximate surface area is 115 Å². The van der Waals surface area contributed by atoms with E-state index in [0.29, 0.717) is 17.7 Å². The zero-order valence-corrected chi connectivity index (χ0v) is 10.8. The van der Waals surface area contributed by atoms with Crippen molar-refractivity contribution in [1.82, 2.24) is 14.9 Å². The second-order valence-corrected chi connectivity index (χ2v) is 4.53. The number of aromatic nitrogens is 2. The Hall–Kier alpha value is -2.76. The molecule has 6 heteroatoms. The number of carbonyl (C=O) groups is 2. The van der Waals surface area contributed by atoms with Crippen molar-refractivity contribution in [2.24, 2.45) is 0 Å². The van der Waals surface area contributed by atoms with Crippen molar-refractivity contribution in [2.75, 3.05) is 12.4 Å². The average molecular weight is 268 g/mol. The van der Waals surface area contributed by atoms with Crippen molar-refractivity contribution in [3.05, 3.63) is 53.6 Å². The van der Waals surface area contributed by atoms with E-state index in [-0.39, 0.29) is 11.8 Å². The molecule has 0 atom stereocenters. The smallest absolute Gasteiger partial charge is 0.261 e. The van der Waals surface area contributed by atoms with Gasteiger partial charge in [0.15, 0.2) is 0 Å². The summed E-state index contributed by atoms with van der Waals surface area (Å²) >= 11 is 0. The van der Waals surface area contributed by atoms with Crippen molar-refractivity contribution in [2.45, 2.75) is 6.54 Å². The molecule has 1 aromatic carbocycles. The molecule has 0 bridgehead atoms. The first-order valence-electron chi connectivity index (χ1n) is 6.11. The molecule has 2 heterocycles. The molecule has 0 fully saturated rings. The molecule has 0 unspecified atom stereocenters. The predicted octanol–water partition coefficient (Wildman–Crippen LogP) is 1.31. The third kappa shape index (κ3) is 2.01. The topological polar surface area (TPSA) is 75.2 Å². The normalized spacial score (nSPS) is 13.6. The number of hydrogen-bond donors (Lipinski definition) is 1. The Kier molecular flexibility index (Phi) is 2.90. The van der Waals surface area contributed by atoms with Crippen LogP contribution in [0.15, 0.2) is 36.9 Å². The molecule has 1 N–H and O–H groups in total. The molecule has 0 saturated carbocycles. The lowest BCUT2D eigenvalue weighted by atomic mass is 10.1. The highest BCUT2D eigenvalue weighted by atomic mass is 16.2. The SMILES string of the molecule is CN1C(=O)c2ccc(NCc3cncnc3)cc2C1=O. The predicted molar refractivity (Wildman–Crippen MR) is 72.2 cm³/mol. The summed E-state index contributed by atoms with van der Waals surface area (Å²) in [7, 11) is 1.49. The van der Waals surface area contributed by atoms with E-state index in [2.05, 4.69) is 15.3 Å². The van der Waals surface area contributed by atoms with Gasteiger partial charge in [0.05, 0.1) is 11.1 Å². The number of nitrogens with one attached hydrogen (secondary N) is 1. The van der Waals surface area contributed by atoms with Gasteiger partial charge in [-0.2, -0.15) is 0 Å². The molecule has 1 aliphatic rings. The van der Waals surface area contributed by atoms with Crippen molar-refractivity contribution in [3.8, 4) is 0 Å². The van der Waals surface area contributed by atoms with Crippen LogP contribution < -0.4 is 5.32 Å². The fourth-order valence-corrected chi connectivity index (χ4v) is 2.10. The van der Waals surface area contributed by atoms with Gasteiger partial charge in [0.2, 0.25) is 0 Å². The first kappa shape index (κ1) is 12.3. The number of imide groups is 1. The van der Waals surface area contributed by atoms with Crippen molar-refractivity contribution >= 4 is 17.5 Å². The molecule has 0 radical (unpaired) electrons. The fraction of sp³-hybridized carbons (Fsp3) is 0.143. The number of fused-ring (bicyclic) bond motifs is 1. The maximum atomic E-state index is 11.9. The molecule has 0 saturated heterocycles. The number of nitrogens with zero attached hydrogens (tertiary/aromatic N) is 3. The Morgan fingerprint density at radius 2 is 1.80 bits per heavy atom. The maximum absolute atomic E-state index is 11.9. The minimum atomic E-state index is -0.267. The standard InChI is InChI=1S/C14H12N4O2/c1-18-13(19)11-3-2-10(4-12(11)14(18)20)17-7-9-5-15-8-16-6-9/h2-6,8,17H,7H2,1H3. The molecule has 0 aliphatic carbocycles. The number of rotatable bonds is 3. The lowest BCUT2D eigenvalue weighted by Crippen LogP contribution is -2.24. The van der Waals surface area contributed by atoms with E-state index >= 15 is 0 Å². The summed E-state index contributed by atoms with van der Waals surface area (Å²) in [5.74, 6) is -0.523. The Balaban J connectivity index is 1.80. The summed E-state index contributed by atoms with van der Waals surface area (Å²) in [6.45, 7) is 0.553. The van der Waals surface area contributed by atoms with E-state index in [1.54, 1.807) is 30.6 Å². The molecule has 1 aromatic heterocycles. The highest BCUT2D eigenvalue weighted by molar-refractivity contribution is 6.21. The number of benzene rings is 1. The van der Waals surface area contributed by atoms with E-state index in [1.165, 1.54) is 13.4 Å². The summed E-state index contributed by atoms with van der Waals surface area (Å²) < 4.78 is 0. The minimum Gasteiger partial charge on any atom is -0.381 e. The first-order valence-corrected chi connectivity index (χ1v) is 6.11. The van der Waals surface area contributed by atoms with Crippen molar-refractivity contribution in [1.29, 1.82) is 0 Å². The largest absolute Gasteiger partial charge is 0.381 e. The summed E-state index contributed by atoms with van der Waals surface area (Å²) in [6.07, 6.45) is 4.91. The van der Waals surface area contributed by atoms with Crippen LogP contribution in [-0.2, 0) is 6.54 Å². The van der Waals surface area contributed by atoms with Gasteiger partial charge in [-0.05, 0) is 18.2 Å². The van der Waals surface area contributed by atoms with E-state index in [1.807, 2.05) is 0 Å². The molecule has 3 rings (SSSR count). The molecule has 100 valence electrons. The average Bonchev–Trinajstić information content (AvgIpc) is 2.71. The lowest BCUT2D eigenvalue weighted by Gasteiger charge is -2.06. The quantitative estimate of drug-likeness (QED) is 0.849. The number of anilines is 1. The summed E-state index contributed by atoms with van der Waals surface area (Å²) in [5, 5.41) is 3.18. The lowest BCUT2D eigenvalue weighted by molar-refractivity contribution is 0.0693. The van der Waals surface area contributed by atoms with Gasteiger partial charge in [-0.3, -0.25) is 14.5 Å². The number of amides is 2. The Bertz CT molecular complexity index is 685. The van der Waals surface area contributed by atoms with Gasteiger partial charge in [0, 0.05) is 37.2 Å². The van der Waals surface area contributed by atoms with Crippen LogP contribution in [0.3, 0.4) is 0 Å². The van der Waals surface area contributed by atoms with Crippen LogP contribution in [0.2, 0.25) is 0 Å². The zero-order valence-electron chi connectivity index (χ0n) is 10.8. The second-order valence-electron chi connectivity index (χ2n) is 4.53. The van der Waals surface area contributed by atoms with Gasteiger partial charge in [-0.15, -0.1) is 0 Å². The summed E-state index contributed by atoms with van der Waals surface area (Å²) in [5.41, 5.74) is 2.61. The van der Waals surface area contributed by atoms with Crippen LogP contribution in [-0.4, -0.2) is 33.7 Å². The second kappa shape index (κ2) is 4.73. The highest BCUT2D eigenvalue weighted by Gasteiger charge is 2.32. The monoisotopic (exact) mass is 268 g/mol. The third-order valence-corrected chi connectivity index (χ3v) is 3.20. The molecule has 20 heavy (non-hydrogen) atoms. The van der Waals surface area contributed by atoms with Crippen LogP contribution in [0.25, 0.3) is 0 Å². The molecule has 2 aromatic rings. The Morgan fingerprint density at radius 3 is 2.55 bits per heavy atom. The number of hydrogen-bond acceptors (Lipinski definition) is 5. The third-order valence-electron chi connectivity index (χ3n) is 3.20. The van der Waals surface area contributed by atoms with Gasteiger partial charge in [-0.25, -0.2) is 9.97 Å².